The van der Waals surface area contributed by atoms with Crippen molar-refractivity contribution in [3.8, 4) is 0 Å². The highest BCUT2D eigenvalue weighted by Gasteiger charge is 2.26. The number of aryl methyl sites for hydroxylation is 1. The fourth-order valence-corrected chi connectivity index (χ4v) is 2.32. The number of hydrogen-bond donors (Lipinski definition) is 0. The summed E-state index contributed by atoms with van der Waals surface area (Å²) in [6, 6.07) is 0. The van der Waals surface area contributed by atoms with E-state index in [1.165, 1.54) is 0 Å². The predicted molar refractivity (Wildman–Crippen MR) is 62.2 cm³/mol. The summed E-state index contributed by atoms with van der Waals surface area (Å²) in [5.41, 5.74) is 0.592. The normalized spacial score (nSPS) is 21.2. The van der Waals surface area contributed by atoms with Crippen molar-refractivity contribution in [2.24, 2.45) is 7.05 Å². The maximum absolute atomic E-state index is 12.2. The highest BCUT2D eigenvalue weighted by atomic mass is 79.9. The molecule has 0 saturated carbocycles. The monoisotopic (exact) mass is 287 g/mol. The van der Waals surface area contributed by atoms with Gasteiger partial charge in [-0.05, 0) is 22.9 Å². The molecular weight excluding hydrogens is 274 g/mol. The molecule has 16 heavy (non-hydrogen) atoms. The molecule has 5 nitrogen and oxygen atoms in total. The fourth-order valence-electron chi connectivity index (χ4n) is 1.80. The van der Waals surface area contributed by atoms with Crippen LogP contribution in [0, 0.1) is 0 Å². The standard InChI is InChI=1S/C10H14BrN3O2/c1-7-6-14(3-4-16-7)10(15)9-8(11)5-12-13(9)2/h5,7H,3-4,6H2,1-2H3. The van der Waals surface area contributed by atoms with E-state index in [9.17, 15) is 4.79 Å². The Morgan fingerprint density at radius 1 is 1.69 bits per heavy atom. The van der Waals surface area contributed by atoms with Crippen LogP contribution in [-0.4, -0.2) is 46.4 Å². The topological polar surface area (TPSA) is 47.4 Å². The third kappa shape index (κ3) is 2.12. The van der Waals surface area contributed by atoms with Crippen LogP contribution in [0.2, 0.25) is 0 Å². The van der Waals surface area contributed by atoms with Crippen LogP contribution < -0.4 is 0 Å². The van der Waals surface area contributed by atoms with E-state index in [0.29, 0.717) is 25.4 Å². The number of aromatic nitrogens is 2. The lowest BCUT2D eigenvalue weighted by molar-refractivity contribution is -0.0128. The van der Waals surface area contributed by atoms with Crippen molar-refractivity contribution in [1.82, 2.24) is 14.7 Å². The first-order valence-corrected chi connectivity index (χ1v) is 5.97. The van der Waals surface area contributed by atoms with E-state index in [1.54, 1.807) is 22.8 Å². The molecule has 0 spiro atoms. The molecule has 1 aliphatic rings. The lowest BCUT2D eigenvalue weighted by Gasteiger charge is -2.31. The van der Waals surface area contributed by atoms with Gasteiger partial charge in [-0.2, -0.15) is 5.10 Å². The highest BCUT2D eigenvalue weighted by Crippen LogP contribution is 2.18. The van der Waals surface area contributed by atoms with Crippen molar-refractivity contribution < 1.29 is 9.53 Å². The molecule has 2 heterocycles. The van der Waals surface area contributed by atoms with Gasteiger partial charge >= 0.3 is 0 Å². The third-order valence-corrected chi connectivity index (χ3v) is 3.21. The van der Waals surface area contributed by atoms with E-state index < -0.39 is 0 Å². The van der Waals surface area contributed by atoms with Crippen LogP contribution in [-0.2, 0) is 11.8 Å². The quantitative estimate of drug-likeness (QED) is 0.776. The lowest BCUT2D eigenvalue weighted by atomic mass is 10.2. The summed E-state index contributed by atoms with van der Waals surface area (Å²) < 4.78 is 7.73. The first-order chi connectivity index (χ1) is 7.59. The molecule has 1 saturated heterocycles. The zero-order valence-electron chi connectivity index (χ0n) is 9.31. The summed E-state index contributed by atoms with van der Waals surface area (Å²) in [5, 5.41) is 4.04. The summed E-state index contributed by atoms with van der Waals surface area (Å²) in [4.78, 5) is 14.0. The van der Waals surface area contributed by atoms with Gasteiger partial charge in [0, 0.05) is 20.1 Å². The molecule has 1 aliphatic heterocycles. The molecule has 1 amide bonds. The number of morpholine rings is 1. The summed E-state index contributed by atoms with van der Waals surface area (Å²) >= 11 is 3.34. The first kappa shape index (κ1) is 11.6. The number of halogens is 1. The van der Waals surface area contributed by atoms with Gasteiger partial charge in [-0.3, -0.25) is 9.48 Å². The summed E-state index contributed by atoms with van der Waals surface area (Å²) in [5.74, 6) is 0.00188. The van der Waals surface area contributed by atoms with Crippen molar-refractivity contribution in [2.75, 3.05) is 19.7 Å². The van der Waals surface area contributed by atoms with Gasteiger partial charge in [-0.1, -0.05) is 0 Å². The summed E-state index contributed by atoms with van der Waals surface area (Å²) in [6.07, 6.45) is 1.74. The minimum Gasteiger partial charge on any atom is -0.375 e. The van der Waals surface area contributed by atoms with Crippen LogP contribution in [0.15, 0.2) is 10.7 Å². The molecular formula is C10H14BrN3O2. The lowest BCUT2D eigenvalue weighted by Crippen LogP contribution is -2.45. The highest BCUT2D eigenvalue weighted by molar-refractivity contribution is 9.10. The molecule has 0 aliphatic carbocycles. The summed E-state index contributed by atoms with van der Waals surface area (Å²) in [7, 11) is 1.77. The van der Waals surface area contributed by atoms with Gasteiger partial charge in [0.25, 0.3) is 5.91 Å². The zero-order valence-corrected chi connectivity index (χ0v) is 10.9. The molecule has 2 rings (SSSR count). The molecule has 0 bridgehead atoms. The van der Waals surface area contributed by atoms with Crippen LogP contribution in [0.5, 0.6) is 0 Å². The minimum atomic E-state index is 0.00188. The number of carbonyl (C=O) groups is 1. The van der Waals surface area contributed by atoms with Crippen molar-refractivity contribution in [3.63, 3.8) is 0 Å². The molecule has 1 fully saturated rings. The Labute approximate surface area is 102 Å². The van der Waals surface area contributed by atoms with Crippen LogP contribution >= 0.6 is 15.9 Å². The number of rotatable bonds is 1. The average molecular weight is 288 g/mol. The number of nitrogens with zero attached hydrogens (tertiary/aromatic N) is 3. The Kier molecular flexibility index (Phi) is 3.30. The molecule has 0 aromatic carbocycles. The Balaban J connectivity index is 2.18. The second-order valence-corrected chi connectivity index (χ2v) is 4.75. The van der Waals surface area contributed by atoms with Gasteiger partial charge in [0.2, 0.25) is 0 Å². The molecule has 88 valence electrons. The predicted octanol–water partition coefficient (Wildman–Crippen LogP) is 1.04. The second kappa shape index (κ2) is 4.55. The van der Waals surface area contributed by atoms with Crippen molar-refractivity contribution in [1.29, 1.82) is 0 Å². The van der Waals surface area contributed by atoms with Gasteiger partial charge in [0.1, 0.15) is 5.69 Å². The van der Waals surface area contributed by atoms with Gasteiger partial charge < -0.3 is 9.64 Å². The van der Waals surface area contributed by atoms with Crippen LogP contribution in [0.25, 0.3) is 0 Å². The first-order valence-electron chi connectivity index (χ1n) is 5.18. The molecule has 1 aromatic heterocycles. The number of hydrogen-bond acceptors (Lipinski definition) is 3. The molecule has 0 N–H and O–H groups in total. The minimum absolute atomic E-state index is 0.00188. The largest absolute Gasteiger partial charge is 0.375 e. The Morgan fingerprint density at radius 3 is 3.00 bits per heavy atom. The van der Waals surface area contributed by atoms with Crippen molar-refractivity contribution >= 4 is 21.8 Å². The smallest absolute Gasteiger partial charge is 0.273 e. The van der Waals surface area contributed by atoms with Gasteiger partial charge in [0.15, 0.2) is 0 Å². The van der Waals surface area contributed by atoms with E-state index in [-0.39, 0.29) is 12.0 Å². The maximum atomic E-state index is 12.2. The molecule has 1 aromatic rings. The third-order valence-electron chi connectivity index (χ3n) is 2.62. The molecule has 6 heteroatoms. The van der Waals surface area contributed by atoms with Crippen LogP contribution in [0.3, 0.4) is 0 Å². The van der Waals surface area contributed by atoms with E-state index >= 15 is 0 Å². The van der Waals surface area contributed by atoms with Gasteiger partial charge in [-0.25, -0.2) is 0 Å². The number of amides is 1. The Morgan fingerprint density at radius 2 is 2.44 bits per heavy atom. The Hall–Kier alpha value is -0.880. The van der Waals surface area contributed by atoms with E-state index in [2.05, 4.69) is 21.0 Å². The van der Waals surface area contributed by atoms with Crippen LogP contribution in [0.4, 0.5) is 0 Å². The molecule has 1 unspecified atom stereocenters. The van der Waals surface area contributed by atoms with Gasteiger partial charge in [-0.15, -0.1) is 0 Å². The van der Waals surface area contributed by atoms with Gasteiger partial charge in [0.05, 0.1) is 23.4 Å². The Bertz CT molecular complexity index is 385. The molecule has 0 radical (unpaired) electrons. The number of carbonyl (C=O) groups excluding carboxylic acids is 1. The fraction of sp³-hybridized carbons (Fsp3) is 0.600. The average Bonchev–Trinajstić information content (AvgIpc) is 2.58. The van der Waals surface area contributed by atoms with E-state index in [4.69, 9.17) is 4.74 Å². The maximum Gasteiger partial charge on any atom is 0.273 e. The summed E-state index contributed by atoms with van der Waals surface area (Å²) in [6.45, 7) is 3.84. The zero-order chi connectivity index (χ0) is 11.7. The number of ether oxygens (including phenoxy) is 1. The SMILES string of the molecule is CC1CN(C(=O)c2c(Br)cnn2C)CCO1. The van der Waals surface area contributed by atoms with E-state index in [0.717, 1.165) is 4.47 Å². The van der Waals surface area contributed by atoms with Crippen molar-refractivity contribution in [2.45, 2.75) is 13.0 Å². The molecule has 1 atom stereocenters. The van der Waals surface area contributed by atoms with E-state index in [1.807, 2.05) is 6.92 Å². The second-order valence-electron chi connectivity index (χ2n) is 3.90. The van der Waals surface area contributed by atoms with Crippen molar-refractivity contribution in [3.05, 3.63) is 16.4 Å². The van der Waals surface area contributed by atoms with Crippen LogP contribution in [0.1, 0.15) is 17.4 Å².